The van der Waals surface area contributed by atoms with Gasteiger partial charge in [0, 0.05) is 11.6 Å². The van der Waals surface area contributed by atoms with E-state index in [1.165, 1.54) is 6.08 Å². The highest BCUT2D eigenvalue weighted by atomic mass is 16.5. The van der Waals surface area contributed by atoms with Crippen LogP contribution in [0.15, 0.2) is 48.0 Å². The van der Waals surface area contributed by atoms with Crippen LogP contribution < -0.4 is 14.8 Å². The zero-order chi connectivity index (χ0) is 20.6. The summed E-state index contributed by atoms with van der Waals surface area (Å²) < 4.78 is 11.5. The first kappa shape index (κ1) is 20.0. The molecule has 1 fully saturated rings. The molecule has 6 nitrogen and oxygen atoms in total. The van der Waals surface area contributed by atoms with Gasteiger partial charge in [-0.15, -0.1) is 0 Å². The minimum atomic E-state index is -0.360. The van der Waals surface area contributed by atoms with Gasteiger partial charge in [0.1, 0.15) is 18.2 Å². The molecule has 0 aliphatic heterocycles. The smallest absolute Gasteiger partial charge is 0.262 e. The molecule has 6 heteroatoms. The zero-order valence-corrected chi connectivity index (χ0v) is 16.1. The Morgan fingerprint density at radius 1 is 1.17 bits per heavy atom. The van der Waals surface area contributed by atoms with Crippen LogP contribution in [-0.2, 0) is 11.4 Å². The highest BCUT2D eigenvalue weighted by Crippen LogP contribution is 2.30. The third kappa shape index (κ3) is 5.37. The summed E-state index contributed by atoms with van der Waals surface area (Å²) in [5.41, 5.74) is 2.06. The lowest BCUT2D eigenvalue weighted by Crippen LogP contribution is -2.26. The van der Waals surface area contributed by atoms with Crippen LogP contribution >= 0.6 is 0 Å². The number of benzene rings is 2. The van der Waals surface area contributed by atoms with Crippen LogP contribution in [0.1, 0.15) is 36.5 Å². The molecule has 146 valence electrons. The van der Waals surface area contributed by atoms with Crippen molar-refractivity contribution in [3.8, 4) is 23.6 Å². The molecule has 29 heavy (non-hydrogen) atoms. The summed E-state index contributed by atoms with van der Waals surface area (Å²) in [6.45, 7) is 2.53. The maximum absolute atomic E-state index is 12.1. The maximum atomic E-state index is 12.1. The predicted octanol–water partition coefficient (Wildman–Crippen LogP) is 3.72. The minimum Gasteiger partial charge on any atom is -0.490 e. The topological polar surface area (TPSA) is 95.1 Å². The van der Waals surface area contributed by atoms with Gasteiger partial charge in [0.05, 0.1) is 18.2 Å². The summed E-state index contributed by atoms with van der Waals surface area (Å²) in [6.07, 6.45) is 3.45. The van der Waals surface area contributed by atoms with E-state index in [1.807, 2.05) is 25.1 Å². The van der Waals surface area contributed by atoms with Crippen LogP contribution in [0, 0.1) is 22.7 Å². The highest BCUT2D eigenvalue weighted by Gasteiger charge is 2.24. The third-order valence-corrected chi connectivity index (χ3v) is 4.38. The molecule has 3 rings (SSSR count). The molecule has 1 aliphatic rings. The van der Waals surface area contributed by atoms with E-state index in [1.54, 1.807) is 30.3 Å². The SMILES string of the molecule is CCOc1cc(/C=C(\C#N)C(=O)NC2CC2)ccc1OCc1ccccc1C#N. The van der Waals surface area contributed by atoms with Crippen molar-refractivity contribution < 1.29 is 14.3 Å². The number of ether oxygens (including phenoxy) is 2. The average molecular weight is 387 g/mol. The molecule has 1 saturated carbocycles. The van der Waals surface area contributed by atoms with Gasteiger partial charge in [-0.25, -0.2) is 0 Å². The summed E-state index contributed by atoms with van der Waals surface area (Å²) in [4.78, 5) is 12.1. The second-order valence-electron chi connectivity index (χ2n) is 6.61. The van der Waals surface area contributed by atoms with Gasteiger partial charge in [0.25, 0.3) is 5.91 Å². The second-order valence-corrected chi connectivity index (χ2v) is 6.61. The molecule has 0 bridgehead atoms. The van der Waals surface area contributed by atoms with Crippen molar-refractivity contribution in [1.29, 1.82) is 10.5 Å². The predicted molar refractivity (Wildman–Crippen MR) is 108 cm³/mol. The van der Waals surface area contributed by atoms with Crippen LogP contribution in [-0.4, -0.2) is 18.6 Å². The fourth-order valence-corrected chi connectivity index (χ4v) is 2.72. The number of nitriles is 2. The van der Waals surface area contributed by atoms with E-state index in [2.05, 4.69) is 11.4 Å². The van der Waals surface area contributed by atoms with Crippen LogP contribution in [0.2, 0.25) is 0 Å². The molecule has 0 atom stereocenters. The molecule has 1 aliphatic carbocycles. The van der Waals surface area contributed by atoms with E-state index in [4.69, 9.17) is 9.47 Å². The van der Waals surface area contributed by atoms with Crippen molar-refractivity contribution in [2.45, 2.75) is 32.4 Å². The molecule has 1 amide bonds. The lowest BCUT2D eigenvalue weighted by atomic mass is 10.1. The molecular weight excluding hydrogens is 366 g/mol. The number of hydrogen-bond acceptors (Lipinski definition) is 5. The third-order valence-electron chi connectivity index (χ3n) is 4.38. The van der Waals surface area contributed by atoms with Crippen molar-refractivity contribution in [2.24, 2.45) is 0 Å². The van der Waals surface area contributed by atoms with Crippen LogP contribution in [0.25, 0.3) is 6.08 Å². The fourth-order valence-electron chi connectivity index (χ4n) is 2.72. The number of hydrogen-bond donors (Lipinski definition) is 1. The zero-order valence-electron chi connectivity index (χ0n) is 16.1. The van der Waals surface area contributed by atoms with Gasteiger partial charge < -0.3 is 14.8 Å². The summed E-state index contributed by atoms with van der Waals surface area (Å²) in [5, 5.41) is 21.3. The van der Waals surface area contributed by atoms with Crippen molar-refractivity contribution in [3.05, 3.63) is 64.7 Å². The summed E-state index contributed by atoms with van der Waals surface area (Å²) in [6, 6.07) is 16.8. The second kappa shape index (κ2) is 9.43. The number of carbonyl (C=O) groups excluding carboxylic acids is 1. The Hall–Kier alpha value is -3.77. The first-order valence-electron chi connectivity index (χ1n) is 9.45. The van der Waals surface area contributed by atoms with Crippen molar-refractivity contribution in [1.82, 2.24) is 5.32 Å². The van der Waals surface area contributed by atoms with Crippen LogP contribution in [0.4, 0.5) is 0 Å². The Morgan fingerprint density at radius 2 is 1.97 bits per heavy atom. The number of amides is 1. The number of carbonyl (C=O) groups is 1. The largest absolute Gasteiger partial charge is 0.490 e. The quantitative estimate of drug-likeness (QED) is 0.550. The summed E-state index contributed by atoms with van der Waals surface area (Å²) >= 11 is 0. The Bertz CT molecular complexity index is 1010. The monoisotopic (exact) mass is 387 g/mol. The van der Waals surface area contributed by atoms with E-state index >= 15 is 0 Å². The number of nitrogens with one attached hydrogen (secondary N) is 1. The first-order chi connectivity index (χ1) is 14.1. The maximum Gasteiger partial charge on any atom is 0.262 e. The molecular formula is C23H21N3O3. The summed E-state index contributed by atoms with van der Waals surface area (Å²) in [7, 11) is 0. The number of rotatable bonds is 8. The van der Waals surface area contributed by atoms with Gasteiger partial charge in [-0.3, -0.25) is 4.79 Å². The Morgan fingerprint density at radius 3 is 2.66 bits per heavy atom. The van der Waals surface area contributed by atoms with Gasteiger partial charge in [-0.1, -0.05) is 24.3 Å². The van der Waals surface area contributed by atoms with Gasteiger partial charge >= 0.3 is 0 Å². The normalized spacial score (nSPS) is 13.1. The van der Waals surface area contributed by atoms with Gasteiger partial charge in [0.2, 0.25) is 0 Å². The van der Waals surface area contributed by atoms with E-state index in [9.17, 15) is 15.3 Å². The van der Waals surface area contributed by atoms with E-state index in [0.717, 1.165) is 18.4 Å². The molecule has 0 unspecified atom stereocenters. The molecule has 2 aromatic carbocycles. The van der Waals surface area contributed by atoms with E-state index in [-0.39, 0.29) is 24.1 Å². The molecule has 0 radical (unpaired) electrons. The Labute approximate surface area is 170 Å². The van der Waals surface area contributed by atoms with Crippen molar-refractivity contribution >= 4 is 12.0 Å². The van der Waals surface area contributed by atoms with Gasteiger partial charge in [-0.05, 0) is 49.6 Å². The molecule has 0 saturated heterocycles. The first-order valence-corrected chi connectivity index (χ1v) is 9.45. The highest BCUT2D eigenvalue weighted by molar-refractivity contribution is 6.02. The molecule has 2 aromatic rings. The number of nitrogens with zero attached hydrogens (tertiary/aromatic N) is 2. The van der Waals surface area contributed by atoms with Crippen molar-refractivity contribution in [2.75, 3.05) is 6.61 Å². The molecule has 0 aromatic heterocycles. The van der Waals surface area contributed by atoms with Crippen LogP contribution in [0.3, 0.4) is 0 Å². The van der Waals surface area contributed by atoms with Crippen molar-refractivity contribution in [3.63, 3.8) is 0 Å². The van der Waals surface area contributed by atoms with Gasteiger partial charge in [0.15, 0.2) is 11.5 Å². The van der Waals surface area contributed by atoms with Gasteiger partial charge in [-0.2, -0.15) is 10.5 Å². The lowest BCUT2D eigenvalue weighted by molar-refractivity contribution is -0.117. The Kier molecular flexibility index (Phi) is 6.50. The fraction of sp³-hybridized carbons (Fsp3) is 0.261. The molecule has 0 spiro atoms. The Balaban J connectivity index is 1.79. The standard InChI is InChI=1S/C23H21N3O3/c1-2-28-22-12-16(11-19(14-25)23(27)26-20-8-9-20)7-10-21(22)29-15-18-6-4-3-5-17(18)13-24/h3-7,10-12,20H,2,8-9,15H2,1H3,(H,26,27)/b19-11+. The molecule has 0 heterocycles. The van der Waals surface area contributed by atoms with E-state index < -0.39 is 0 Å². The summed E-state index contributed by atoms with van der Waals surface area (Å²) in [5.74, 6) is 0.676. The average Bonchev–Trinajstić information content (AvgIpc) is 3.55. The van der Waals surface area contributed by atoms with Crippen LogP contribution in [0.5, 0.6) is 11.5 Å². The minimum absolute atomic E-state index is 0.0518. The lowest BCUT2D eigenvalue weighted by Gasteiger charge is -2.13. The molecule has 1 N–H and O–H groups in total. The van der Waals surface area contributed by atoms with E-state index in [0.29, 0.717) is 29.2 Å².